The number of nitrogens with zero attached hydrogens (tertiary/aromatic N) is 4. The summed E-state index contributed by atoms with van der Waals surface area (Å²) in [4.78, 5) is 60.0. The van der Waals surface area contributed by atoms with E-state index in [0.717, 1.165) is 16.8 Å². The number of benzene rings is 2. The normalized spacial score (nSPS) is 18.8. The highest BCUT2D eigenvalue weighted by Crippen LogP contribution is 2.39. The van der Waals surface area contributed by atoms with E-state index in [-0.39, 0.29) is 36.6 Å². The number of anilines is 1. The fourth-order valence-corrected chi connectivity index (χ4v) is 5.90. The van der Waals surface area contributed by atoms with Crippen LogP contribution in [0.4, 0.5) is 5.69 Å². The summed E-state index contributed by atoms with van der Waals surface area (Å²) >= 11 is 0. The number of carbonyl (C=O) groups is 4. The van der Waals surface area contributed by atoms with Gasteiger partial charge in [0.05, 0.1) is 18.4 Å². The Labute approximate surface area is 253 Å². The standard InChI is InChI=1S/C31H34N8O5/c1-3-17(2)27(36-25(40)14-26-34-21-9-4-5-10-24(21)44-26)30(42)35-22-12-11-18-7-6-8-19-13-23(39(28(18)19)31(22)43)29(41)32-15-20-16-33-38-37-20/h4-10,16-17,22-23,27H,3,11-15H2,1-2H3,(H,32,41)(H,35,42)(H,36,40)(H,33,37,38)/t17-,22-,23-,27-/m0/s1. The number of rotatable bonds is 10. The zero-order chi connectivity index (χ0) is 30.8. The molecule has 2 aliphatic rings. The molecule has 4 atom stereocenters. The Morgan fingerprint density at radius 2 is 1.95 bits per heavy atom. The summed E-state index contributed by atoms with van der Waals surface area (Å²) in [6.45, 7) is 3.97. The Bertz CT molecular complexity index is 1670. The van der Waals surface area contributed by atoms with Crippen LogP contribution in [-0.4, -0.2) is 62.1 Å². The molecule has 6 rings (SSSR count). The Kier molecular flexibility index (Phi) is 8.09. The summed E-state index contributed by atoms with van der Waals surface area (Å²) in [6.07, 6.45) is 3.27. The Hall–Kier alpha value is -5.07. The van der Waals surface area contributed by atoms with Gasteiger partial charge in [0.25, 0.3) is 0 Å². The van der Waals surface area contributed by atoms with Gasteiger partial charge in [0.2, 0.25) is 29.5 Å². The molecule has 0 bridgehead atoms. The van der Waals surface area contributed by atoms with Crippen molar-refractivity contribution < 1.29 is 23.6 Å². The minimum atomic E-state index is -0.883. The van der Waals surface area contributed by atoms with Gasteiger partial charge in [-0.3, -0.25) is 24.1 Å². The first kappa shape index (κ1) is 29.0. The van der Waals surface area contributed by atoms with Gasteiger partial charge in [-0.05, 0) is 42.0 Å². The first-order chi connectivity index (χ1) is 21.3. The van der Waals surface area contributed by atoms with Gasteiger partial charge in [0, 0.05) is 6.42 Å². The molecule has 0 unspecified atom stereocenters. The lowest BCUT2D eigenvalue weighted by Gasteiger charge is -2.29. The number of nitrogens with one attached hydrogen (secondary N) is 4. The van der Waals surface area contributed by atoms with Crippen molar-refractivity contribution in [3.8, 4) is 0 Å². The molecule has 0 fully saturated rings. The molecule has 44 heavy (non-hydrogen) atoms. The van der Waals surface area contributed by atoms with Gasteiger partial charge in [0.15, 0.2) is 5.58 Å². The number of H-pyrrole nitrogens is 1. The summed E-state index contributed by atoms with van der Waals surface area (Å²) in [5, 5.41) is 18.8. The van der Waals surface area contributed by atoms with E-state index in [4.69, 9.17) is 4.42 Å². The summed E-state index contributed by atoms with van der Waals surface area (Å²) in [6, 6.07) is 10.5. The molecule has 4 aromatic rings. The predicted molar refractivity (Wildman–Crippen MR) is 159 cm³/mol. The quantitative estimate of drug-likeness (QED) is 0.213. The molecule has 0 saturated heterocycles. The average molecular weight is 599 g/mol. The van der Waals surface area contributed by atoms with Crippen LogP contribution in [0.25, 0.3) is 11.1 Å². The van der Waals surface area contributed by atoms with Crippen molar-refractivity contribution in [1.29, 1.82) is 0 Å². The van der Waals surface area contributed by atoms with Crippen LogP contribution in [0.3, 0.4) is 0 Å². The molecular formula is C31H34N8O5. The van der Waals surface area contributed by atoms with Gasteiger partial charge in [-0.15, -0.1) is 0 Å². The molecule has 0 aliphatic carbocycles. The summed E-state index contributed by atoms with van der Waals surface area (Å²) in [5.41, 5.74) is 4.39. The Morgan fingerprint density at radius 1 is 1.14 bits per heavy atom. The third-order valence-electron chi connectivity index (χ3n) is 8.40. The number of aromatic amines is 1. The van der Waals surface area contributed by atoms with Gasteiger partial charge < -0.3 is 20.4 Å². The van der Waals surface area contributed by atoms with Crippen molar-refractivity contribution >= 4 is 40.4 Å². The molecule has 13 heteroatoms. The number of carbonyl (C=O) groups excluding carboxylic acids is 4. The molecule has 228 valence electrons. The number of hydrogen-bond acceptors (Lipinski definition) is 8. The Balaban J connectivity index is 1.17. The second-order valence-corrected chi connectivity index (χ2v) is 11.3. The first-order valence-electron chi connectivity index (χ1n) is 14.8. The minimum Gasteiger partial charge on any atom is -0.440 e. The van der Waals surface area contributed by atoms with Crippen LogP contribution in [-0.2, 0) is 45.0 Å². The monoisotopic (exact) mass is 598 g/mol. The fourth-order valence-electron chi connectivity index (χ4n) is 5.90. The van der Waals surface area contributed by atoms with Crippen LogP contribution in [0.15, 0.2) is 53.1 Å². The molecule has 0 saturated carbocycles. The van der Waals surface area contributed by atoms with Gasteiger partial charge in [-0.25, -0.2) is 4.98 Å². The third kappa shape index (κ3) is 5.77. The maximum absolute atomic E-state index is 14.1. The van der Waals surface area contributed by atoms with E-state index in [1.165, 1.54) is 11.1 Å². The molecule has 2 aromatic heterocycles. The SMILES string of the molecule is CC[C@H](C)[C@H](NC(=O)Cc1nc2ccccc2o1)C(=O)N[C@H]1CCc2cccc3c2N(C1=O)[C@H](C(=O)NCc1cn[nH]n1)C3. The number of oxazole rings is 1. The third-order valence-corrected chi connectivity index (χ3v) is 8.40. The van der Waals surface area contributed by atoms with Crippen LogP contribution >= 0.6 is 0 Å². The summed E-state index contributed by atoms with van der Waals surface area (Å²) in [5.74, 6) is -1.51. The highest BCUT2D eigenvalue weighted by atomic mass is 16.3. The number of aromatic nitrogens is 4. The maximum atomic E-state index is 14.1. The average Bonchev–Trinajstić information content (AvgIpc) is 3.76. The largest absolute Gasteiger partial charge is 0.440 e. The first-order valence-corrected chi connectivity index (χ1v) is 14.8. The molecule has 4 amide bonds. The molecule has 0 spiro atoms. The zero-order valence-electron chi connectivity index (χ0n) is 24.5. The fraction of sp³-hybridized carbons (Fsp3) is 0.387. The number of para-hydroxylation sites is 3. The lowest BCUT2D eigenvalue weighted by molar-refractivity contribution is -0.133. The molecule has 2 aliphatic heterocycles. The molecular weight excluding hydrogens is 564 g/mol. The van der Waals surface area contributed by atoms with E-state index in [2.05, 4.69) is 36.3 Å². The van der Waals surface area contributed by atoms with Crippen molar-refractivity contribution in [2.45, 2.75) is 70.6 Å². The van der Waals surface area contributed by atoms with Gasteiger partial charge in [-0.2, -0.15) is 15.4 Å². The number of hydrogen-bond donors (Lipinski definition) is 4. The Morgan fingerprint density at radius 3 is 2.73 bits per heavy atom. The molecule has 2 aromatic carbocycles. The topological polar surface area (TPSA) is 175 Å². The molecule has 0 radical (unpaired) electrons. The second-order valence-electron chi connectivity index (χ2n) is 11.3. The predicted octanol–water partition coefficient (Wildman–Crippen LogP) is 1.72. The van der Waals surface area contributed by atoms with E-state index in [1.54, 1.807) is 12.1 Å². The van der Waals surface area contributed by atoms with Crippen molar-refractivity contribution in [1.82, 2.24) is 36.3 Å². The van der Waals surface area contributed by atoms with Crippen molar-refractivity contribution in [3.05, 3.63) is 71.4 Å². The van der Waals surface area contributed by atoms with E-state index < -0.39 is 29.9 Å². The zero-order valence-corrected chi connectivity index (χ0v) is 24.5. The summed E-state index contributed by atoms with van der Waals surface area (Å²) < 4.78 is 5.68. The highest BCUT2D eigenvalue weighted by molar-refractivity contribution is 6.08. The van der Waals surface area contributed by atoms with Gasteiger partial charge >= 0.3 is 0 Å². The van der Waals surface area contributed by atoms with Crippen molar-refractivity contribution in [2.24, 2.45) is 5.92 Å². The van der Waals surface area contributed by atoms with Gasteiger partial charge in [0.1, 0.15) is 35.8 Å². The van der Waals surface area contributed by atoms with Crippen LogP contribution in [0.1, 0.15) is 49.4 Å². The van der Waals surface area contributed by atoms with Gasteiger partial charge in [-0.1, -0.05) is 50.6 Å². The van der Waals surface area contributed by atoms with Crippen molar-refractivity contribution in [2.75, 3.05) is 4.90 Å². The second kappa shape index (κ2) is 12.3. The number of fused-ring (bicyclic) bond motifs is 1. The van der Waals surface area contributed by atoms with Crippen LogP contribution in [0, 0.1) is 5.92 Å². The highest BCUT2D eigenvalue weighted by Gasteiger charge is 2.44. The molecule has 4 N–H and O–H groups in total. The lowest BCUT2D eigenvalue weighted by atomic mass is 9.97. The van der Waals surface area contributed by atoms with E-state index in [9.17, 15) is 19.2 Å². The summed E-state index contributed by atoms with van der Waals surface area (Å²) in [7, 11) is 0. The number of amides is 4. The molecule has 13 nitrogen and oxygen atoms in total. The minimum absolute atomic E-state index is 0.131. The lowest BCUT2D eigenvalue weighted by Crippen LogP contribution is -2.58. The van der Waals surface area contributed by atoms with E-state index >= 15 is 0 Å². The number of aryl methyl sites for hydroxylation is 1. The van der Waals surface area contributed by atoms with Crippen LogP contribution < -0.4 is 20.9 Å². The van der Waals surface area contributed by atoms with Crippen LogP contribution in [0.5, 0.6) is 0 Å². The van der Waals surface area contributed by atoms with E-state index in [0.29, 0.717) is 42.5 Å². The molecule has 4 heterocycles. The van der Waals surface area contributed by atoms with Crippen LogP contribution in [0.2, 0.25) is 0 Å². The van der Waals surface area contributed by atoms with E-state index in [1.807, 2.05) is 44.2 Å². The smallest absolute Gasteiger partial charge is 0.250 e. The van der Waals surface area contributed by atoms with Crippen molar-refractivity contribution in [3.63, 3.8) is 0 Å². The maximum Gasteiger partial charge on any atom is 0.250 e.